The molecule has 1 saturated heterocycles. The van der Waals surface area contributed by atoms with Crippen LogP contribution in [0, 0.1) is 12.8 Å². The van der Waals surface area contributed by atoms with E-state index >= 15 is 0 Å². The molecule has 2 aliphatic rings. The number of anilines is 1. The minimum absolute atomic E-state index is 0.0990. The first-order valence-corrected chi connectivity index (χ1v) is 12.1. The van der Waals surface area contributed by atoms with Gasteiger partial charge in [0.15, 0.2) is 11.5 Å². The molecule has 0 aromatic heterocycles. The number of amides is 1. The van der Waals surface area contributed by atoms with E-state index in [1.165, 1.54) is 10.4 Å². The maximum absolute atomic E-state index is 13.1. The van der Waals surface area contributed by atoms with E-state index < -0.39 is 10.0 Å². The Kier molecular flexibility index (Phi) is 6.41. The summed E-state index contributed by atoms with van der Waals surface area (Å²) in [6.07, 6.45) is 1.67. The molecule has 2 aromatic carbocycles. The second kappa shape index (κ2) is 9.06. The lowest BCUT2D eigenvalue weighted by molar-refractivity contribution is -0.120. The number of benzene rings is 2. The Hall–Kier alpha value is -2.29. The summed E-state index contributed by atoms with van der Waals surface area (Å²) in [7, 11) is -3.68. The predicted octanol–water partition coefficient (Wildman–Crippen LogP) is 3.85. The Bertz CT molecular complexity index is 1080. The molecule has 31 heavy (non-hydrogen) atoms. The first kappa shape index (κ1) is 21.9. The summed E-state index contributed by atoms with van der Waals surface area (Å²) >= 11 is 5.97. The number of nitrogens with one attached hydrogen (secondary N) is 1. The molecule has 1 amide bonds. The van der Waals surface area contributed by atoms with Gasteiger partial charge < -0.3 is 14.8 Å². The molecule has 0 bridgehead atoms. The van der Waals surface area contributed by atoms with E-state index in [1.54, 1.807) is 30.3 Å². The standard InChI is InChI=1S/C22H25ClN2O5S/c1-15-13-17(23)3-5-19(15)24-22(26)16-7-9-25(10-8-16)31(27,28)18-4-6-20-21(14-18)30-12-2-11-29-20/h3-6,13-14,16H,2,7-12H2,1H3,(H,24,26). The first-order valence-electron chi connectivity index (χ1n) is 10.3. The minimum atomic E-state index is -3.68. The molecule has 2 aliphatic heterocycles. The van der Waals surface area contributed by atoms with Gasteiger partial charge in [-0.05, 0) is 55.7 Å². The van der Waals surface area contributed by atoms with Gasteiger partial charge in [0, 0.05) is 42.2 Å². The molecule has 1 N–H and O–H groups in total. The third kappa shape index (κ3) is 4.81. The Morgan fingerprint density at radius 3 is 2.48 bits per heavy atom. The van der Waals surface area contributed by atoms with Crippen molar-refractivity contribution in [2.24, 2.45) is 5.92 Å². The van der Waals surface area contributed by atoms with Gasteiger partial charge in [0.1, 0.15) is 0 Å². The highest BCUT2D eigenvalue weighted by Gasteiger charge is 2.33. The second-order valence-electron chi connectivity index (χ2n) is 7.79. The molecule has 4 rings (SSSR count). The van der Waals surface area contributed by atoms with Gasteiger partial charge in [0.2, 0.25) is 15.9 Å². The molecule has 2 heterocycles. The van der Waals surface area contributed by atoms with Crippen LogP contribution in [0.5, 0.6) is 11.5 Å². The fraction of sp³-hybridized carbons (Fsp3) is 0.409. The predicted molar refractivity (Wildman–Crippen MR) is 118 cm³/mol. The molecule has 0 radical (unpaired) electrons. The van der Waals surface area contributed by atoms with E-state index in [0.717, 1.165) is 17.7 Å². The zero-order chi connectivity index (χ0) is 22.0. The van der Waals surface area contributed by atoms with Crippen LogP contribution in [0.2, 0.25) is 5.02 Å². The van der Waals surface area contributed by atoms with Crippen LogP contribution in [0.4, 0.5) is 5.69 Å². The molecule has 0 aliphatic carbocycles. The van der Waals surface area contributed by atoms with Crippen LogP contribution in [0.15, 0.2) is 41.3 Å². The van der Waals surface area contributed by atoms with Crippen LogP contribution < -0.4 is 14.8 Å². The van der Waals surface area contributed by atoms with E-state index in [2.05, 4.69) is 5.32 Å². The van der Waals surface area contributed by atoms with Crippen molar-refractivity contribution < 1.29 is 22.7 Å². The number of nitrogens with zero attached hydrogens (tertiary/aromatic N) is 1. The summed E-state index contributed by atoms with van der Waals surface area (Å²) < 4.78 is 38.9. The second-order valence-corrected chi connectivity index (χ2v) is 10.2. The van der Waals surface area contributed by atoms with Gasteiger partial charge in [-0.15, -0.1) is 0 Å². The van der Waals surface area contributed by atoms with Crippen molar-refractivity contribution in [1.29, 1.82) is 0 Å². The molecule has 7 nitrogen and oxygen atoms in total. The van der Waals surface area contributed by atoms with Crippen molar-refractivity contribution in [3.63, 3.8) is 0 Å². The maximum Gasteiger partial charge on any atom is 0.243 e. The monoisotopic (exact) mass is 464 g/mol. The van der Waals surface area contributed by atoms with Crippen LogP contribution in [0.3, 0.4) is 0 Å². The van der Waals surface area contributed by atoms with Gasteiger partial charge in [-0.1, -0.05) is 11.6 Å². The lowest BCUT2D eigenvalue weighted by Gasteiger charge is -2.30. The van der Waals surface area contributed by atoms with Crippen molar-refractivity contribution in [2.45, 2.75) is 31.1 Å². The smallest absolute Gasteiger partial charge is 0.243 e. The average Bonchev–Trinajstić information content (AvgIpc) is 3.00. The zero-order valence-electron chi connectivity index (χ0n) is 17.3. The van der Waals surface area contributed by atoms with Crippen LogP contribution in [-0.4, -0.2) is 44.9 Å². The molecule has 0 spiro atoms. The highest BCUT2D eigenvalue weighted by Crippen LogP contribution is 2.34. The third-order valence-electron chi connectivity index (χ3n) is 5.63. The highest BCUT2D eigenvalue weighted by molar-refractivity contribution is 7.89. The van der Waals surface area contributed by atoms with Gasteiger partial charge in [-0.2, -0.15) is 4.31 Å². The lowest BCUT2D eigenvalue weighted by Crippen LogP contribution is -2.41. The molecule has 0 saturated carbocycles. The fourth-order valence-corrected chi connectivity index (χ4v) is 5.53. The molecule has 166 valence electrons. The molecule has 2 aromatic rings. The number of aryl methyl sites for hydroxylation is 1. The summed E-state index contributed by atoms with van der Waals surface area (Å²) in [4.78, 5) is 12.9. The number of piperidine rings is 1. The average molecular weight is 465 g/mol. The van der Waals surface area contributed by atoms with Gasteiger partial charge >= 0.3 is 0 Å². The summed E-state index contributed by atoms with van der Waals surface area (Å²) in [5, 5.41) is 3.55. The quantitative estimate of drug-likeness (QED) is 0.742. The van der Waals surface area contributed by atoms with E-state index in [-0.39, 0.29) is 29.8 Å². The van der Waals surface area contributed by atoms with Crippen molar-refractivity contribution in [1.82, 2.24) is 4.31 Å². The molecule has 9 heteroatoms. The Balaban J connectivity index is 1.41. The number of rotatable bonds is 4. The van der Waals surface area contributed by atoms with Crippen molar-refractivity contribution in [3.8, 4) is 11.5 Å². The number of sulfonamides is 1. The van der Waals surface area contributed by atoms with Gasteiger partial charge in [-0.3, -0.25) is 4.79 Å². The molecular formula is C22H25ClN2O5S. The number of carbonyl (C=O) groups excluding carboxylic acids is 1. The van der Waals surface area contributed by atoms with E-state index in [4.69, 9.17) is 21.1 Å². The summed E-state index contributed by atoms with van der Waals surface area (Å²) in [6.45, 7) is 3.49. The molecule has 1 fully saturated rings. The maximum atomic E-state index is 13.1. The van der Waals surface area contributed by atoms with Gasteiger partial charge in [-0.25, -0.2) is 8.42 Å². The van der Waals surface area contributed by atoms with E-state index in [0.29, 0.717) is 42.6 Å². The molecular weight excluding hydrogens is 440 g/mol. The van der Waals surface area contributed by atoms with Crippen LogP contribution in [0.1, 0.15) is 24.8 Å². The topological polar surface area (TPSA) is 84.9 Å². The van der Waals surface area contributed by atoms with E-state index in [9.17, 15) is 13.2 Å². The summed E-state index contributed by atoms with van der Waals surface area (Å²) in [5.41, 5.74) is 1.60. The van der Waals surface area contributed by atoms with Crippen molar-refractivity contribution >= 4 is 33.2 Å². The largest absolute Gasteiger partial charge is 0.490 e. The first-order chi connectivity index (χ1) is 14.8. The number of hydrogen-bond acceptors (Lipinski definition) is 5. The van der Waals surface area contributed by atoms with Crippen LogP contribution in [0.25, 0.3) is 0 Å². The normalized spacial score (nSPS) is 17.7. The number of ether oxygens (including phenoxy) is 2. The number of halogens is 1. The molecule has 0 unspecified atom stereocenters. The Labute approximate surface area is 187 Å². The summed E-state index contributed by atoms with van der Waals surface area (Å²) in [6, 6.07) is 10.0. The fourth-order valence-electron chi connectivity index (χ4n) is 3.81. The van der Waals surface area contributed by atoms with Crippen LogP contribution >= 0.6 is 11.6 Å². The Morgan fingerprint density at radius 1 is 1.06 bits per heavy atom. The van der Waals surface area contributed by atoms with Crippen molar-refractivity contribution in [2.75, 3.05) is 31.6 Å². The highest BCUT2D eigenvalue weighted by atomic mass is 35.5. The lowest BCUT2D eigenvalue weighted by atomic mass is 9.97. The van der Waals surface area contributed by atoms with E-state index in [1.807, 2.05) is 6.92 Å². The van der Waals surface area contributed by atoms with Crippen molar-refractivity contribution in [3.05, 3.63) is 47.0 Å². The van der Waals surface area contributed by atoms with Gasteiger partial charge in [0.05, 0.1) is 18.1 Å². The Morgan fingerprint density at radius 2 is 1.77 bits per heavy atom. The minimum Gasteiger partial charge on any atom is -0.490 e. The summed E-state index contributed by atoms with van der Waals surface area (Å²) in [5.74, 6) is 0.666. The van der Waals surface area contributed by atoms with Crippen LogP contribution in [-0.2, 0) is 14.8 Å². The SMILES string of the molecule is Cc1cc(Cl)ccc1NC(=O)C1CCN(S(=O)(=O)c2ccc3c(c2)OCCCO3)CC1. The third-order valence-corrected chi connectivity index (χ3v) is 7.76. The number of fused-ring (bicyclic) bond motifs is 1. The molecule has 0 atom stereocenters. The zero-order valence-corrected chi connectivity index (χ0v) is 18.8. The number of hydrogen-bond donors (Lipinski definition) is 1. The number of carbonyl (C=O) groups is 1. The van der Waals surface area contributed by atoms with Gasteiger partial charge in [0.25, 0.3) is 0 Å².